The van der Waals surface area contributed by atoms with Crippen LogP contribution in [0.25, 0.3) is 11.1 Å². The fourth-order valence-electron chi connectivity index (χ4n) is 4.12. The van der Waals surface area contributed by atoms with Gasteiger partial charge in [-0.1, -0.05) is 64.5 Å². The van der Waals surface area contributed by atoms with Gasteiger partial charge in [0.2, 0.25) is 0 Å². The van der Waals surface area contributed by atoms with E-state index in [9.17, 15) is 19.5 Å². The number of aromatic carboxylic acids is 1. The van der Waals surface area contributed by atoms with Gasteiger partial charge in [-0.2, -0.15) is 0 Å². The van der Waals surface area contributed by atoms with Crippen LogP contribution in [-0.2, 0) is 14.3 Å². The summed E-state index contributed by atoms with van der Waals surface area (Å²) in [4.78, 5) is 36.2. The van der Waals surface area contributed by atoms with Crippen molar-refractivity contribution in [3.63, 3.8) is 0 Å². The predicted molar refractivity (Wildman–Crippen MR) is 134 cm³/mol. The molecule has 0 aliphatic heterocycles. The molecule has 8 nitrogen and oxygen atoms in total. The Labute approximate surface area is 210 Å². The highest BCUT2D eigenvalue weighted by atomic mass is 79.9. The Hall–Kier alpha value is -3.69. The van der Waals surface area contributed by atoms with Gasteiger partial charge in [0.15, 0.2) is 6.10 Å². The molecule has 4 rings (SSSR count). The normalized spacial score (nSPS) is 12.9. The number of alkyl carbamates (subject to hydrolysis) is 1. The van der Waals surface area contributed by atoms with E-state index in [0.717, 1.165) is 22.3 Å². The molecule has 3 aromatic carbocycles. The fraction of sp³-hybridized carbons (Fsp3) is 0.192. The van der Waals surface area contributed by atoms with E-state index in [0.29, 0.717) is 4.47 Å². The van der Waals surface area contributed by atoms with Crippen molar-refractivity contribution < 1.29 is 29.0 Å². The van der Waals surface area contributed by atoms with E-state index >= 15 is 0 Å². The molecular formula is C26H23BrN2O6. The molecule has 0 spiro atoms. The van der Waals surface area contributed by atoms with Crippen molar-refractivity contribution in [2.45, 2.75) is 12.0 Å². The lowest BCUT2D eigenvalue weighted by Gasteiger charge is -2.18. The van der Waals surface area contributed by atoms with Crippen LogP contribution in [0.1, 0.15) is 27.4 Å². The van der Waals surface area contributed by atoms with Crippen LogP contribution in [-0.4, -0.2) is 49.4 Å². The highest BCUT2D eigenvalue weighted by Gasteiger charge is 2.29. The number of carboxylic acid groups (broad SMARTS) is 1. The van der Waals surface area contributed by atoms with Gasteiger partial charge in [0, 0.05) is 23.2 Å². The predicted octanol–water partition coefficient (Wildman–Crippen LogP) is 4.64. The van der Waals surface area contributed by atoms with Crippen LogP contribution in [0.4, 0.5) is 10.5 Å². The number of amides is 2. The standard InChI is InChI=1S/C26H23BrN2O6/c1-34-23(24(30)29-17-11-15(25(31)32)10-16(27)12-17)13-28-26(33)35-14-22-20-8-4-2-6-18(20)19-7-3-5-9-21(19)22/h2-12,22-23H,13-14H2,1H3,(H,28,33)(H,29,30)(H,31,32). The first kappa shape index (κ1) is 24.4. The first-order valence-corrected chi connectivity index (χ1v) is 11.6. The van der Waals surface area contributed by atoms with E-state index in [1.165, 1.54) is 19.2 Å². The highest BCUT2D eigenvalue weighted by molar-refractivity contribution is 9.10. The maximum atomic E-state index is 12.6. The van der Waals surface area contributed by atoms with Gasteiger partial charge in [0.1, 0.15) is 6.61 Å². The minimum absolute atomic E-state index is 0.0143. The van der Waals surface area contributed by atoms with Crippen LogP contribution < -0.4 is 10.6 Å². The number of carbonyl (C=O) groups excluding carboxylic acids is 2. The molecule has 1 atom stereocenters. The first-order chi connectivity index (χ1) is 16.9. The van der Waals surface area contributed by atoms with Crippen LogP contribution in [0.2, 0.25) is 0 Å². The van der Waals surface area contributed by atoms with E-state index in [2.05, 4.69) is 38.7 Å². The molecule has 180 valence electrons. The maximum absolute atomic E-state index is 12.6. The van der Waals surface area contributed by atoms with Crippen molar-refractivity contribution in [3.8, 4) is 11.1 Å². The summed E-state index contributed by atoms with van der Waals surface area (Å²) in [5.41, 5.74) is 4.76. The number of carboxylic acids is 1. The zero-order valence-electron chi connectivity index (χ0n) is 18.8. The summed E-state index contributed by atoms with van der Waals surface area (Å²) >= 11 is 3.22. The number of hydrogen-bond donors (Lipinski definition) is 3. The van der Waals surface area contributed by atoms with Crippen LogP contribution in [0.3, 0.4) is 0 Å². The SMILES string of the molecule is COC(CNC(=O)OCC1c2ccccc2-c2ccccc21)C(=O)Nc1cc(Br)cc(C(=O)O)c1. The number of anilines is 1. The Morgan fingerprint density at radius 2 is 1.63 bits per heavy atom. The molecule has 1 aliphatic rings. The lowest BCUT2D eigenvalue weighted by atomic mass is 9.98. The average molecular weight is 539 g/mol. The minimum atomic E-state index is -1.12. The molecule has 1 aliphatic carbocycles. The number of hydrogen-bond acceptors (Lipinski definition) is 5. The Kier molecular flexibility index (Phi) is 7.48. The second kappa shape index (κ2) is 10.7. The number of halogens is 1. The molecular weight excluding hydrogens is 516 g/mol. The third-order valence-corrected chi connectivity index (χ3v) is 6.22. The van der Waals surface area contributed by atoms with Crippen molar-refractivity contribution >= 4 is 39.6 Å². The minimum Gasteiger partial charge on any atom is -0.478 e. The van der Waals surface area contributed by atoms with E-state index in [1.54, 1.807) is 6.07 Å². The number of fused-ring (bicyclic) bond motifs is 3. The second-order valence-corrected chi connectivity index (χ2v) is 8.87. The van der Waals surface area contributed by atoms with E-state index < -0.39 is 24.1 Å². The maximum Gasteiger partial charge on any atom is 0.407 e. The summed E-state index contributed by atoms with van der Waals surface area (Å²) in [5.74, 6) is -1.74. The van der Waals surface area contributed by atoms with Gasteiger partial charge in [0.05, 0.1) is 12.1 Å². The van der Waals surface area contributed by atoms with Gasteiger partial charge in [-0.05, 0) is 40.5 Å². The van der Waals surface area contributed by atoms with Crippen molar-refractivity contribution in [3.05, 3.63) is 87.9 Å². The lowest BCUT2D eigenvalue weighted by molar-refractivity contribution is -0.125. The summed E-state index contributed by atoms with van der Waals surface area (Å²) in [6, 6.07) is 20.4. The largest absolute Gasteiger partial charge is 0.478 e. The van der Waals surface area contributed by atoms with Crippen molar-refractivity contribution in [1.29, 1.82) is 0 Å². The Balaban J connectivity index is 1.33. The Morgan fingerprint density at radius 3 is 2.23 bits per heavy atom. The smallest absolute Gasteiger partial charge is 0.407 e. The summed E-state index contributed by atoms with van der Waals surface area (Å²) in [7, 11) is 1.34. The molecule has 35 heavy (non-hydrogen) atoms. The molecule has 0 radical (unpaired) electrons. The van der Waals surface area contributed by atoms with Gasteiger partial charge >= 0.3 is 12.1 Å². The van der Waals surface area contributed by atoms with Crippen LogP contribution in [0.5, 0.6) is 0 Å². The molecule has 1 unspecified atom stereocenters. The zero-order valence-corrected chi connectivity index (χ0v) is 20.4. The van der Waals surface area contributed by atoms with Crippen LogP contribution >= 0.6 is 15.9 Å². The van der Waals surface area contributed by atoms with Crippen molar-refractivity contribution in [2.24, 2.45) is 0 Å². The Bertz CT molecular complexity index is 1230. The monoisotopic (exact) mass is 538 g/mol. The number of benzene rings is 3. The number of carbonyl (C=O) groups is 3. The molecule has 0 saturated carbocycles. The number of methoxy groups -OCH3 is 1. The molecule has 0 aromatic heterocycles. The van der Waals surface area contributed by atoms with E-state index in [4.69, 9.17) is 9.47 Å². The van der Waals surface area contributed by atoms with Crippen LogP contribution in [0.15, 0.2) is 71.2 Å². The number of nitrogens with one attached hydrogen (secondary N) is 2. The molecule has 3 N–H and O–H groups in total. The average Bonchev–Trinajstić information content (AvgIpc) is 3.16. The molecule has 0 heterocycles. The third-order valence-electron chi connectivity index (χ3n) is 5.76. The van der Waals surface area contributed by atoms with Crippen LogP contribution in [0, 0.1) is 0 Å². The summed E-state index contributed by atoms with van der Waals surface area (Å²) in [6.45, 7) is 0.0263. The number of rotatable bonds is 8. The molecule has 0 fully saturated rings. The quantitative estimate of drug-likeness (QED) is 0.385. The molecule has 0 bridgehead atoms. The van der Waals surface area contributed by atoms with Crippen molar-refractivity contribution in [2.75, 3.05) is 25.6 Å². The molecule has 3 aromatic rings. The second-order valence-electron chi connectivity index (χ2n) is 7.95. The Morgan fingerprint density at radius 1 is 1.00 bits per heavy atom. The summed E-state index contributed by atoms with van der Waals surface area (Å²) in [6.07, 6.45) is -1.68. The van der Waals surface area contributed by atoms with E-state index in [1.807, 2.05) is 36.4 Å². The van der Waals surface area contributed by atoms with E-state index in [-0.39, 0.29) is 30.3 Å². The van der Waals surface area contributed by atoms with Gasteiger partial charge in [-0.25, -0.2) is 9.59 Å². The number of ether oxygens (including phenoxy) is 2. The third kappa shape index (κ3) is 5.52. The first-order valence-electron chi connectivity index (χ1n) is 10.8. The summed E-state index contributed by atoms with van der Waals surface area (Å²) in [5, 5.41) is 14.4. The fourth-order valence-corrected chi connectivity index (χ4v) is 4.61. The zero-order chi connectivity index (χ0) is 24.9. The summed E-state index contributed by atoms with van der Waals surface area (Å²) < 4.78 is 11.2. The highest BCUT2D eigenvalue weighted by Crippen LogP contribution is 2.44. The topological polar surface area (TPSA) is 114 Å². The molecule has 0 saturated heterocycles. The molecule has 9 heteroatoms. The van der Waals surface area contributed by atoms with Gasteiger partial charge in [0.25, 0.3) is 5.91 Å². The van der Waals surface area contributed by atoms with Gasteiger partial charge < -0.3 is 25.2 Å². The lowest BCUT2D eigenvalue weighted by Crippen LogP contribution is -2.41. The van der Waals surface area contributed by atoms with Crippen molar-refractivity contribution in [1.82, 2.24) is 5.32 Å². The molecule has 2 amide bonds. The van der Waals surface area contributed by atoms with Gasteiger partial charge in [-0.3, -0.25) is 4.79 Å². The van der Waals surface area contributed by atoms with Gasteiger partial charge in [-0.15, -0.1) is 0 Å².